The van der Waals surface area contributed by atoms with Crippen LogP contribution in [0.2, 0.25) is 0 Å². The molecule has 0 aliphatic rings. The number of aryl methyl sites for hydroxylation is 1. The van der Waals surface area contributed by atoms with E-state index in [1.807, 2.05) is 35.1 Å². The lowest BCUT2D eigenvalue weighted by Gasteiger charge is -2.11. The number of hydrogen-bond donors (Lipinski definition) is 2. The topological polar surface area (TPSA) is 89.3 Å². The summed E-state index contributed by atoms with van der Waals surface area (Å²) in [5.41, 5.74) is 6.72. The molecule has 100 valence electrons. The van der Waals surface area contributed by atoms with E-state index in [1.165, 1.54) is 6.92 Å². The van der Waals surface area contributed by atoms with Gasteiger partial charge in [-0.1, -0.05) is 30.3 Å². The Bertz CT molecular complexity index is 485. The second-order valence-corrected chi connectivity index (χ2v) is 6.01. The van der Waals surface area contributed by atoms with Gasteiger partial charge in [0.25, 0.3) is 0 Å². The molecule has 0 radical (unpaired) electrons. The lowest BCUT2D eigenvalue weighted by molar-refractivity contribution is -0.120. The minimum atomic E-state index is -3.53. The first-order valence-electron chi connectivity index (χ1n) is 5.78. The van der Waals surface area contributed by atoms with E-state index in [9.17, 15) is 13.2 Å². The van der Waals surface area contributed by atoms with Crippen LogP contribution in [0.5, 0.6) is 0 Å². The van der Waals surface area contributed by atoms with E-state index < -0.39 is 22.0 Å². The number of sulfonamides is 1. The monoisotopic (exact) mass is 270 g/mol. The zero-order chi connectivity index (χ0) is 13.6. The zero-order valence-electron chi connectivity index (χ0n) is 10.3. The molecule has 0 heterocycles. The smallest absolute Gasteiger partial charge is 0.250 e. The summed E-state index contributed by atoms with van der Waals surface area (Å²) < 4.78 is 24.4. The molecule has 0 spiro atoms. The number of carbonyl (C=O) groups excluding carboxylic acids is 1. The lowest BCUT2D eigenvalue weighted by atomic mass is 10.1. The molecule has 3 N–H and O–H groups in total. The van der Waals surface area contributed by atoms with Gasteiger partial charge >= 0.3 is 0 Å². The Labute approximate surface area is 107 Å². The van der Waals surface area contributed by atoms with Gasteiger partial charge in [0.15, 0.2) is 0 Å². The van der Waals surface area contributed by atoms with Gasteiger partial charge in [-0.25, -0.2) is 8.42 Å². The summed E-state index contributed by atoms with van der Waals surface area (Å²) in [4.78, 5) is 11.5. The largest absolute Gasteiger partial charge is 0.320 e. The molecule has 5 nitrogen and oxygen atoms in total. The van der Waals surface area contributed by atoms with Crippen molar-refractivity contribution in [2.24, 2.45) is 5.73 Å². The van der Waals surface area contributed by atoms with Gasteiger partial charge in [-0.2, -0.15) is 0 Å². The fourth-order valence-electron chi connectivity index (χ4n) is 1.40. The highest BCUT2D eigenvalue weighted by molar-refractivity contribution is 7.90. The Hall–Kier alpha value is -1.40. The fourth-order valence-corrected chi connectivity index (χ4v) is 2.00. The van der Waals surface area contributed by atoms with Gasteiger partial charge in [-0.15, -0.1) is 0 Å². The van der Waals surface area contributed by atoms with E-state index in [1.54, 1.807) is 0 Å². The molecule has 0 saturated heterocycles. The summed E-state index contributed by atoms with van der Waals surface area (Å²) >= 11 is 0. The molecule has 1 rings (SSSR count). The summed E-state index contributed by atoms with van der Waals surface area (Å²) in [5.74, 6) is -0.780. The van der Waals surface area contributed by atoms with Crippen LogP contribution in [-0.2, 0) is 21.2 Å². The highest BCUT2D eigenvalue weighted by atomic mass is 32.2. The quantitative estimate of drug-likeness (QED) is 0.783. The number of nitrogens with one attached hydrogen (secondary N) is 1. The van der Waals surface area contributed by atoms with Crippen molar-refractivity contribution in [2.75, 3.05) is 5.75 Å². The molecule has 18 heavy (non-hydrogen) atoms. The molecule has 1 amide bonds. The maximum absolute atomic E-state index is 11.5. The van der Waals surface area contributed by atoms with Gasteiger partial charge in [0.1, 0.15) is 0 Å². The number of hydrogen-bond acceptors (Lipinski definition) is 4. The third-order valence-corrected chi connectivity index (χ3v) is 3.83. The summed E-state index contributed by atoms with van der Waals surface area (Å²) in [7, 11) is -3.53. The van der Waals surface area contributed by atoms with Gasteiger partial charge in [0.05, 0.1) is 11.8 Å². The van der Waals surface area contributed by atoms with Gasteiger partial charge < -0.3 is 5.73 Å². The van der Waals surface area contributed by atoms with Crippen LogP contribution in [0.1, 0.15) is 18.9 Å². The summed E-state index contributed by atoms with van der Waals surface area (Å²) in [6, 6.07) is 8.78. The molecule has 0 bridgehead atoms. The molecule has 0 fully saturated rings. The molecule has 0 saturated carbocycles. The average molecular weight is 270 g/mol. The van der Waals surface area contributed by atoms with Crippen molar-refractivity contribution < 1.29 is 13.2 Å². The molecular weight excluding hydrogens is 252 g/mol. The molecule has 6 heteroatoms. The minimum Gasteiger partial charge on any atom is -0.320 e. The first-order valence-corrected chi connectivity index (χ1v) is 7.43. The highest BCUT2D eigenvalue weighted by Gasteiger charge is 2.18. The van der Waals surface area contributed by atoms with Crippen LogP contribution in [0.15, 0.2) is 30.3 Å². The van der Waals surface area contributed by atoms with E-state index in [2.05, 4.69) is 0 Å². The van der Waals surface area contributed by atoms with E-state index in [-0.39, 0.29) is 5.75 Å². The Kier molecular flexibility index (Phi) is 5.30. The van der Waals surface area contributed by atoms with E-state index in [0.29, 0.717) is 12.8 Å². The Morgan fingerprint density at radius 2 is 1.94 bits per heavy atom. The molecule has 1 aromatic carbocycles. The van der Waals surface area contributed by atoms with Crippen LogP contribution in [0, 0.1) is 0 Å². The maximum Gasteiger partial charge on any atom is 0.250 e. The third-order valence-electron chi connectivity index (χ3n) is 2.56. The van der Waals surface area contributed by atoms with Crippen LogP contribution < -0.4 is 10.5 Å². The van der Waals surface area contributed by atoms with E-state index >= 15 is 0 Å². The Balaban J connectivity index is 2.46. The number of carbonyl (C=O) groups is 1. The van der Waals surface area contributed by atoms with E-state index in [4.69, 9.17) is 5.73 Å². The maximum atomic E-state index is 11.5. The molecule has 0 aliphatic carbocycles. The minimum absolute atomic E-state index is 0.135. The van der Waals surface area contributed by atoms with Crippen molar-refractivity contribution in [2.45, 2.75) is 25.8 Å². The number of amides is 1. The second kappa shape index (κ2) is 6.51. The molecule has 0 aromatic heterocycles. The van der Waals surface area contributed by atoms with Gasteiger partial charge in [0.2, 0.25) is 15.9 Å². The first kappa shape index (κ1) is 14.7. The standard InChI is InChI=1S/C12H18N2O3S/c1-2-18(16,17)14-12(15)11(13)9-8-10-6-4-3-5-7-10/h3-7,11H,2,8-9,13H2,1H3,(H,14,15)/t11-/m0/s1. The van der Waals surface area contributed by atoms with Crippen LogP contribution in [0.25, 0.3) is 0 Å². The molecule has 0 aliphatic heterocycles. The summed E-state index contributed by atoms with van der Waals surface area (Å²) in [6.07, 6.45) is 1.05. The third kappa shape index (κ3) is 4.85. The van der Waals surface area contributed by atoms with Crippen LogP contribution in [0.4, 0.5) is 0 Å². The van der Waals surface area contributed by atoms with Crippen molar-refractivity contribution >= 4 is 15.9 Å². The zero-order valence-corrected chi connectivity index (χ0v) is 11.1. The fraction of sp³-hybridized carbons (Fsp3) is 0.417. The van der Waals surface area contributed by atoms with Crippen molar-refractivity contribution in [3.05, 3.63) is 35.9 Å². The lowest BCUT2D eigenvalue weighted by Crippen LogP contribution is -2.44. The molecular formula is C12H18N2O3S. The van der Waals surface area contributed by atoms with Gasteiger partial charge in [-0.3, -0.25) is 9.52 Å². The van der Waals surface area contributed by atoms with Crippen LogP contribution in [-0.4, -0.2) is 26.1 Å². The predicted molar refractivity (Wildman–Crippen MR) is 70.3 cm³/mol. The average Bonchev–Trinajstić information content (AvgIpc) is 2.36. The van der Waals surface area contributed by atoms with Crippen molar-refractivity contribution in [1.82, 2.24) is 4.72 Å². The van der Waals surface area contributed by atoms with Gasteiger partial charge in [-0.05, 0) is 25.3 Å². The molecule has 1 aromatic rings. The van der Waals surface area contributed by atoms with Crippen LogP contribution in [0.3, 0.4) is 0 Å². The summed E-state index contributed by atoms with van der Waals surface area (Å²) in [5, 5.41) is 0. The van der Waals surface area contributed by atoms with Crippen LogP contribution >= 0.6 is 0 Å². The predicted octanol–water partition coefficient (Wildman–Crippen LogP) is 0.412. The number of benzene rings is 1. The molecule has 0 unspecified atom stereocenters. The summed E-state index contributed by atoms with van der Waals surface area (Å²) in [6.45, 7) is 1.46. The molecule has 1 atom stereocenters. The van der Waals surface area contributed by atoms with E-state index in [0.717, 1.165) is 5.56 Å². The highest BCUT2D eigenvalue weighted by Crippen LogP contribution is 2.04. The first-order chi connectivity index (χ1) is 8.44. The SMILES string of the molecule is CCS(=O)(=O)NC(=O)[C@@H](N)CCc1ccccc1. The normalized spacial score (nSPS) is 13.0. The van der Waals surface area contributed by atoms with Crippen molar-refractivity contribution in [3.8, 4) is 0 Å². The van der Waals surface area contributed by atoms with Gasteiger partial charge in [0, 0.05) is 0 Å². The number of nitrogens with two attached hydrogens (primary N) is 1. The van der Waals surface area contributed by atoms with Crippen molar-refractivity contribution in [1.29, 1.82) is 0 Å². The van der Waals surface area contributed by atoms with Crippen molar-refractivity contribution in [3.63, 3.8) is 0 Å². The second-order valence-electron chi connectivity index (χ2n) is 4.00. The Morgan fingerprint density at radius 3 is 2.50 bits per heavy atom. The number of rotatable bonds is 6. The Morgan fingerprint density at radius 1 is 1.33 bits per heavy atom.